The second-order valence-electron chi connectivity index (χ2n) is 12.4. The number of nitrogens with zero attached hydrogens (tertiary/aromatic N) is 1. The Labute approximate surface area is 267 Å². The van der Waals surface area contributed by atoms with E-state index in [-0.39, 0.29) is 30.1 Å². The van der Waals surface area contributed by atoms with Crippen LogP contribution in [0.3, 0.4) is 0 Å². The molecular formula is C36H89N5O. The third-order valence-corrected chi connectivity index (χ3v) is 8.48. The lowest BCUT2D eigenvalue weighted by atomic mass is 10.1. The van der Waals surface area contributed by atoms with Crippen LogP contribution < -0.4 is 24.6 Å². The topological polar surface area (TPSA) is 175 Å². The van der Waals surface area contributed by atoms with E-state index in [9.17, 15) is 0 Å². The molecule has 264 valence electrons. The molecule has 0 aliphatic carbocycles. The van der Waals surface area contributed by atoms with Crippen LogP contribution in [0.25, 0.3) is 0 Å². The molecule has 0 heterocycles. The average molecular weight is 608 g/mol. The lowest BCUT2D eigenvalue weighted by molar-refractivity contribution is 0.254. The van der Waals surface area contributed by atoms with Crippen molar-refractivity contribution in [3.63, 3.8) is 0 Å². The zero-order chi connectivity index (χ0) is 26.9. The molecule has 0 bridgehead atoms. The van der Waals surface area contributed by atoms with Crippen LogP contribution in [0.2, 0.25) is 0 Å². The Kier molecular flexibility index (Phi) is 65.1. The van der Waals surface area contributed by atoms with Crippen molar-refractivity contribution < 1.29 is 5.48 Å². The second-order valence-corrected chi connectivity index (χ2v) is 12.4. The minimum Gasteiger partial charge on any atom is -0.412 e. The van der Waals surface area contributed by atoms with Crippen LogP contribution in [0.15, 0.2) is 0 Å². The molecule has 0 spiro atoms. The van der Waals surface area contributed by atoms with Crippen molar-refractivity contribution in [2.75, 3.05) is 19.6 Å². The molecule has 6 heteroatoms. The van der Waals surface area contributed by atoms with Gasteiger partial charge in [-0.15, -0.1) is 0 Å². The van der Waals surface area contributed by atoms with E-state index in [0.717, 1.165) is 0 Å². The maximum absolute atomic E-state index is 2.85. The minimum atomic E-state index is 0. The zero-order valence-corrected chi connectivity index (χ0v) is 30.1. The largest absolute Gasteiger partial charge is 0.412 e. The van der Waals surface area contributed by atoms with Crippen molar-refractivity contribution in [1.29, 1.82) is 0 Å². The Morgan fingerprint density at radius 1 is 0.238 bits per heavy atom. The highest BCUT2D eigenvalue weighted by molar-refractivity contribution is 4.61. The van der Waals surface area contributed by atoms with E-state index in [2.05, 4.69) is 25.7 Å². The van der Waals surface area contributed by atoms with Gasteiger partial charge < -0.3 is 35.0 Å². The van der Waals surface area contributed by atoms with E-state index in [0.29, 0.717) is 0 Å². The highest BCUT2D eigenvalue weighted by Gasteiger charge is 2.05. The number of hydrogen-bond donors (Lipinski definition) is 4. The van der Waals surface area contributed by atoms with Gasteiger partial charge in [0.1, 0.15) is 0 Å². The summed E-state index contributed by atoms with van der Waals surface area (Å²) < 4.78 is 0. The first kappa shape index (κ1) is 54.3. The van der Waals surface area contributed by atoms with Gasteiger partial charge >= 0.3 is 0 Å². The van der Waals surface area contributed by atoms with Gasteiger partial charge in [-0.2, -0.15) is 0 Å². The van der Waals surface area contributed by atoms with Crippen LogP contribution in [0.5, 0.6) is 0 Å². The third-order valence-electron chi connectivity index (χ3n) is 8.48. The summed E-state index contributed by atoms with van der Waals surface area (Å²) in [5.41, 5.74) is 0. The van der Waals surface area contributed by atoms with Crippen LogP contribution in [0, 0.1) is 0 Å². The van der Waals surface area contributed by atoms with Crippen LogP contribution >= 0.6 is 0 Å². The highest BCUT2D eigenvalue weighted by atomic mass is 16.0. The van der Waals surface area contributed by atoms with E-state index in [1.165, 1.54) is 212 Å². The average Bonchev–Trinajstić information content (AvgIpc) is 2.91. The molecule has 0 unspecified atom stereocenters. The molecule has 0 fully saturated rings. The van der Waals surface area contributed by atoms with E-state index in [1.54, 1.807) is 0 Å². The van der Waals surface area contributed by atoms with Crippen molar-refractivity contribution in [2.45, 2.75) is 213 Å². The SMILES string of the molecule is CCCCCCCCCCCCN(CCCCCCCCCCCC)CCCCCCCCCCCC.N.N.N.N.O. The van der Waals surface area contributed by atoms with Crippen molar-refractivity contribution in [1.82, 2.24) is 29.5 Å². The van der Waals surface area contributed by atoms with Gasteiger partial charge in [0.05, 0.1) is 0 Å². The molecule has 0 saturated carbocycles. The molecule has 0 saturated heterocycles. The number of hydrogen-bond acceptors (Lipinski definition) is 5. The van der Waals surface area contributed by atoms with Crippen LogP contribution in [-0.2, 0) is 0 Å². The van der Waals surface area contributed by atoms with Gasteiger partial charge in [-0.3, -0.25) is 0 Å². The smallest absolute Gasteiger partial charge is 0.00187 e. The Bertz CT molecular complexity index is 344. The van der Waals surface area contributed by atoms with Gasteiger partial charge in [0, 0.05) is 0 Å². The van der Waals surface area contributed by atoms with E-state index in [4.69, 9.17) is 0 Å². The predicted octanol–water partition coefficient (Wildman–Crippen LogP) is 12.9. The highest BCUT2D eigenvalue weighted by Crippen LogP contribution is 2.14. The maximum Gasteiger partial charge on any atom is -0.00187 e. The molecule has 0 atom stereocenters. The summed E-state index contributed by atoms with van der Waals surface area (Å²) in [6.45, 7) is 11.0. The van der Waals surface area contributed by atoms with Gasteiger partial charge in [-0.25, -0.2) is 0 Å². The molecule has 0 radical (unpaired) electrons. The summed E-state index contributed by atoms with van der Waals surface area (Å²) in [4.78, 5) is 2.85. The molecular weight excluding hydrogens is 518 g/mol. The molecule has 14 N–H and O–H groups in total. The van der Waals surface area contributed by atoms with Crippen LogP contribution in [-0.4, -0.2) is 30.0 Å². The molecule has 0 aliphatic heterocycles. The fraction of sp³-hybridized carbons (Fsp3) is 1.00. The Balaban J connectivity index is -0.000000648. The fourth-order valence-electron chi connectivity index (χ4n) is 5.80. The Morgan fingerprint density at radius 2 is 0.381 bits per heavy atom. The van der Waals surface area contributed by atoms with Gasteiger partial charge in [-0.1, -0.05) is 194 Å². The first-order chi connectivity index (χ1) is 18.3. The van der Waals surface area contributed by atoms with E-state index >= 15 is 0 Å². The Morgan fingerprint density at radius 3 is 0.548 bits per heavy atom. The zero-order valence-electron chi connectivity index (χ0n) is 30.1. The molecule has 0 aromatic carbocycles. The Hall–Kier alpha value is -0.240. The molecule has 42 heavy (non-hydrogen) atoms. The summed E-state index contributed by atoms with van der Waals surface area (Å²) in [6, 6.07) is 0. The van der Waals surface area contributed by atoms with Crippen molar-refractivity contribution in [2.24, 2.45) is 0 Å². The molecule has 0 aromatic rings. The number of unbranched alkanes of at least 4 members (excludes halogenated alkanes) is 27. The summed E-state index contributed by atoms with van der Waals surface area (Å²) in [7, 11) is 0. The second kappa shape index (κ2) is 50.4. The van der Waals surface area contributed by atoms with Crippen LogP contribution in [0.4, 0.5) is 0 Å². The molecule has 0 aliphatic rings. The quantitative estimate of drug-likeness (QED) is 0.0541. The third kappa shape index (κ3) is 46.7. The lowest BCUT2D eigenvalue weighted by Crippen LogP contribution is -2.27. The van der Waals surface area contributed by atoms with Crippen molar-refractivity contribution >= 4 is 0 Å². The lowest BCUT2D eigenvalue weighted by Gasteiger charge is -2.22. The predicted molar refractivity (Wildman–Crippen MR) is 196 cm³/mol. The summed E-state index contributed by atoms with van der Waals surface area (Å²) in [6.07, 6.45) is 43.6. The van der Waals surface area contributed by atoms with Gasteiger partial charge in [-0.05, 0) is 38.9 Å². The van der Waals surface area contributed by atoms with Crippen molar-refractivity contribution in [3.8, 4) is 0 Å². The first-order valence-electron chi connectivity index (χ1n) is 18.1. The molecule has 0 aromatic heterocycles. The maximum atomic E-state index is 2.85. The van der Waals surface area contributed by atoms with Gasteiger partial charge in [0.15, 0.2) is 0 Å². The normalized spacial score (nSPS) is 10.3. The minimum absolute atomic E-state index is 0. The van der Waals surface area contributed by atoms with Gasteiger partial charge in [0.2, 0.25) is 0 Å². The molecule has 6 nitrogen and oxygen atoms in total. The summed E-state index contributed by atoms with van der Waals surface area (Å²) >= 11 is 0. The first-order valence-corrected chi connectivity index (χ1v) is 18.1. The van der Waals surface area contributed by atoms with E-state index in [1.807, 2.05) is 0 Å². The van der Waals surface area contributed by atoms with Crippen LogP contribution in [0.1, 0.15) is 213 Å². The van der Waals surface area contributed by atoms with Crippen molar-refractivity contribution in [3.05, 3.63) is 0 Å². The molecule has 0 amide bonds. The monoisotopic (exact) mass is 608 g/mol. The molecule has 0 rings (SSSR count). The summed E-state index contributed by atoms with van der Waals surface area (Å²) in [5, 5.41) is 0. The van der Waals surface area contributed by atoms with E-state index < -0.39 is 0 Å². The number of rotatable bonds is 33. The summed E-state index contributed by atoms with van der Waals surface area (Å²) in [5.74, 6) is 0. The van der Waals surface area contributed by atoms with Gasteiger partial charge in [0.25, 0.3) is 0 Å². The standard InChI is InChI=1S/C36H75N.4H3N.H2O/c1-4-7-10-13-16-19-22-25-28-31-34-37(35-32-29-26-23-20-17-14-11-8-5-2)36-33-30-27-24-21-18-15-12-9-6-3;;;;;/h4-36H2,1-3H3;4*1H3;1H2. The fourth-order valence-corrected chi connectivity index (χ4v) is 5.80.